The van der Waals surface area contributed by atoms with Crippen LogP contribution in [-0.4, -0.2) is 47.7 Å². The normalized spacial score (nSPS) is 20.9. The maximum atomic E-state index is 5.88. The number of benzene rings is 1. The molecule has 2 aromatic rings. The minimum Gasteiger partial charge on any atom is -0.489 e. The summed E-state index contributed by atoms with van der Waals surface area (Å²) < 4.78 is 11.7. The van der Waals surface area contributed by atoms with E-state index in [1.165, 1.54) is 5.57 Å². The quantitative estimate of drug-likeness (QED) is 0.869. The van der Waals surface area contributed by atoms with Crippen LogP contribution in [0.2, 0.25) is 0 Å². The number of morpholine rings is 1. The Morgan fingerprint density at radius 3 is 3.08 bits per heavy atom. The molecule has 3 heterocycles. The molecule has 0 saturated carbocycles. The highest BCUT2D eigenvalue weighted by molar-refractivity contribution is 5.62. The van der Waals surface area contributed by atoms with Gasteiger partial charge in [0.15, 0.2) is 5.82 Å². The first kappa shape index (κ1) is 15.3. The minimum atomic E-state index is -0.0592. The molecule has 0 N–H and O–H groups in total. The van der Waals surface area contributed by atoms with Gasteiger partial charge in [-0.2, -0.15) is 0 Å². The molecule has 1 fully saturated rings. The summed E-state index contributed by atoms with van der Waals surface area (Å²) in [4.78, 5) is 11.3. The predicted octanol–water partition coefficient (Wildman–Crippen LogP) is 2.63. The van der Waals surface area contributed by atoms with Crippen LogP contribution in [0.25, 0.3) is 6.08 Å². The molecule has 24 heavy (non-hydrogen) atoms. The van der Waals surface area contributed by atoms with Crippen molar-refractivity contribution in [1.29, 1.82) is 0 Å². The van der Waals surface area contributed by atoms with Crippen molar-refractivity contribution in [3.05, 3.63) is 59.2 Å². The summed E-state index contributed by atoms with van der Waals surface area (Å²) in [7, 11) is 0. The van der Waals surface area contributed by atoms with Crippen LogP contribution in [0.4, 0.5) is 0 Å². The van der Waals surface area contributed by atoms with Crippen molar-refractivity contribution in [2.45, 2.75) is 13.0 Å². The Morgan fingerprint density at radius 1 is 1.25 bits per heavy atom. The fraction of sp³-hybridized carbons (Fsp3) is 0.368. The number of hydrogen-bond acceptors (Lipinski definition) is 5. The molecule has 1 unspecified atom stereocenters. The van der Waals surface area contributed by atoms with Crippen LogP contribution in [0.5, 0.6) is 5.75 Å². The zero-order valence-electron chi connectivity index (χ0n) is 13.8. The number of aromatic nitrogens is 2. The van der Waals surface area contributed by atoms with E-state index in [1.54, 1.807) is 6.20 Å². The highest BCUT2D eigenvalue weighted by Gasteiger charge is 2.25. The molecule has 2 aliphatic heterocycles. The van der Waals surface area contributed by atoms with Gasteiger partial charge in [0.05, 0.1) is 6.61 Å². The van der Waals surface area contributed by atoms with Gasteiger partial charge in [0.2, 0.25) is 0 Å². The van der Waals surface area contributed by atoms with Crippen LogP contribution in [0.15, 0.2) is 42.1 Å². The summed E-state index contributed by atoms with van der Waals surface area (Å²) >= 11 is 0. The third kappa shape index (κ3) is 3.32. The lowest BCUT2D eigenvalue weighted by atomic mass is 10.1. The van der Waals surface area contributed by atoms with Crippen LogP contribution < -0.4 is 4.74 Å². The maximum Gasteiger partial charge on any atom is 0.158 e. The molecule has 1 aromatic heterocycles. The second-order valence-corrected chi connectivity index (χ2v) is 6.28. The highest BCUT2D eigenvalue weighted by Crippen LogP contribution is 2.27. The minimum absolute atomic E-state index is 0.0592. The van der Waals surface area contributed by atoms with Crippen molar-refractivity contribution in [1.82, 2.24) is 14.9 Å². The van der Waals surface area contributed by atoms with Gasteiger partial charge in [-0.05, 0) is 30.7 Å². The van der Waals surface area contributed by atoms with Gasteiger partial charge in [0.25, 0.3) is 0 Å². The largest absolute Gasteiger partial charge is 0.489 e. The Balaban J connectivity index is 1.45. The predicted molar refractivity (Wildman–Crippen MR) is 91.8 cm³/mol. The van der Waals surface area contributed by atoms with E-state index in [4.69, 9.17) is 9.47 Å². The third-order valence-electron chi connectivity index (χ3n) is 4.37. The van der Waals surface area contributed by atoms with Gasteiger partial charge in [-0.3, -0.25) is 4.90 Å². The smallest absolute Gasteiger partial charge is 0.158 e. The highest BCUT2D eigenvalue weighted by atomic mass is 16.5. The van der Waals surface area contributed by atoms with Crippen molar-refractivity contribution in [3.8, 4) is 5.75 Å². The lowest BCUT2D eigenvalue weighted by Gasteiger charge is -2.33. The monoisotopic (exact) mass is 323 g/mol. The van der Waals surface area contributed by atoms with Crippen LogP contribution in [0.3, 0.4) is 0 Å². The van der Waals surface area contributed by atoms with Crippen molar-refractivity contribution in [3.63, 3.8) is 0 Å². The van der Waals surface area contributed by atoms with Crippen molar-refractivity contribution in [2.75, 3.05) is 32.8 Å². The summed E-state index contributed by atoms with van der Waals surface area (Å²) in [5.74, 6) is 1.74. The molecule has 1 saturated heterocycles. The van der Waals surface area contributed by atoms with Crippen LogP contribution in [0.1, 0.15) is 23.2 Å². The second kappa shape index (κ2) is 6.71. The Labute approximate surface area is 141 Å². The average Bonchev–Trinajstić information content (AvgIpc) is 2.62. The Bertz CT molecular complexity index is 760. The molecular formula is C19H21N3O2. The summed E-state index contributed by atoms with van der Waals surface area (Å²) in [6, 6.07) is 10.1. The van der Waals surface area contributed by atoms with E-state index in [2.05, 4.69) is 27.0 Å². The van der Waals surface area contributed by atoms with Gasteiger partial charge >= 0.3 is 0 Å². The molecule has 124 valence electrons. The maximum absolute atomic E-state index is 5.88. The first-order valence-corrected chi connectivity index (χ1v) is 8.33. The number of hydrogen-bond donors (Lipinski definition) is 0. The summed E-state index contributed by atoms with van der Waals surface area (Å²) in [6.07, 6.45) is 3.98. The number of nitrogens with zero attached hydrogens (tertiary/aromatic N) is 3. The molecule has 5 heteroatoms. The molecule has 5 nitrogen and oxygen atoms in total. The second-order valence-electron chi connectivity index (χ2n) is 6.28. The standard InChI is InChI=1S/C19H21N3O2/c1-14-6-7-20-19(21-14)18-12-22(8-9-23-18)11-15-10-16-4-2-3-5-17(16)24-13-15/h2-7,10,18H,8-9,11-13H2,1H3. The van der Waals surface area contributed by atoms with E-state index in [9.17, 15) is 0 Å². The molecule has 1 aromatic carbocycles. The molecule has 0 radical (unpaired) electrons. The van der Waals surface area contributed by atoms with Gasteiger partial charge in [0.1, 0.15) is 18.5 Å². The van der Waals surface area contributed by atoms with Gasteiger partial charge in [-0.1, -0.05) is 18.2 Å². The van der Waals surface area contributed by atoms with E-state index >= 15 is 0 Å². The van der Waals surface area contributed by atoms with Crippen LogP contribution in [-0.2, 0) is 4.74 Å². The van der Waals surface area contributed by atoms with Crippen LogP contribution >= 0.6 is 0 Å². The van der Waals surface area contributed by atoms with Gasteiger partial charge in [-0.25, -0.2) is 9.97 Å². The topological polar surface area (TPSA) is 47.5 Å². The van der Waals surface area contributed by atoms with Crippen molar-refractivity contribution < 1.29 is 9.47 Å². The number of rotatable bonds is 3. The fourth-order valence-electron chi connectivity index (χ4n) is 3.17. The Kier molecular flexibility index (Phi) is 4.28. The fourth-order valence-corrected chi connectivity index (χ4v) is 3.17. The van der Waals surface area contributed by atoms with Crippen molar-refractivity contribution in [2.24, 2.45) is 0 Å². The van der Waals surface area contributed by atoms with E-state index in [0.717, 1.165) is 42.5 Å². The molecule has 0 bridgehead atoms. The molecule has 0 amide bonds. The van der Waals surface area contributed by atoms with Gasteiger partial charge in [0, 0.05) is 37.1 Å². The zero-order chi connectivity index (χ0) is 16.4. The number of aryl methyl sites for hydroxylation is 1. The molecule has 4 rings (SSSR count). The third-order valence-corrected chi connectivity index (χ3v) is 4.37. The SMILES string of the molecule is Cc1ccnc(C2CN(CC3=Cc4ccccc4OC3)CCO2)n1. The van der Waals surface area contributed by atoms with E-state index in [-0.39, 0.29) is 6.10 Å². The van der Waals surface area contributed by atoms with Gasteiger partial charge in [-0.15, -0.1) is 0 Å². The molecule has 2 aliphatic rings. The summed E-state index contributed by atoms with van der Waals surface area (Å²) in [5.41, 5.74) is 3.42. The van der Waals surface area contributed by atoms with Crippen LogP contribution in [0, 0.1) is 6.92 Å². The first-order valence-electron chi connectivity index (χ1n) is 8.33. The Morgan fingerprint density at radius 2 is 2.17 bits per heavy atom. The lowest BCUT2D eigenvalue weighted by molar-refractivity contribution is -0.0318. The number of ether oxygens (including phenoxy) is 2. The average molecular weight is 323 g/mol. The number of para-hydroxylation sites is 1. The molecule has 0 aliphatic carbocycles. The Hall–Kier alpha value is -2.24. The van der Waals surface area contributed by atoms with E-state index in [1.807, 2.05) is 31.2 Å². The van der Waals surface area contributed by atoms with E-state index < -0.39 is 0 Å². The molecular weight excluding hydrogens is 302 g/mol. The summed E-state index contributed by atoms with van der Waals surface area (Å²) in [6.45, 7) is 5.95. The van der Waals surface area contributed by atoms with E-state index in [0.29, 0.717) is 13.2 Å². The molecule has 0 spiro atoms. The zero-order valence-corrected chi connectivity index (χ0v) is 13.8. The first-order chi connectivity index (χ1) is 11.8. The summed E-state index contributed by atoms with van der Waals surface area (Å²) in [5, 5.41) is 0. The lowest BCUT2D eigenvalue weighted by Crippen LogP contribution is -2.40. The van der Waals surface area contributed by atoms with Crippen molar-refractivity contribution >= 4 is 6.08 Å². The number of fused-ring (bicyclic) bond motifs is 1. The molecule has 1 atom stereocenters. The van der Waals surface area contributed by atoms with Gasteiger partial charge < -0.3 is 9.47 Å².